The van der Waals surface area contributed by atoms with E-state index in [-0.39, 0.29) is 5.82 Å². The minimum atomic E-state index is -1.18. The van der Waals surface area contributed by atoms with Gasteiger partial charge in [-0.25, -0.2) is 9.18 Å². The van der Waals surface area contributed by atoms with Gasteiger partial charge in [-0.1, -0.05) is 12.1 Å². The second kappa shape index (κ2) is 5.44. The van der Waals surface area contributed by atoms with Crippen LogP contribution in [0.2, 0.25) is 0 Å². The van der Waals surface area contributed by atoms with Crippen LogP contribution >= 0.6 is 0 Å². The molecule has 1 aliphatic rings. The topological polar surface area (TPSA) is 66.4 Å². The lowest BCUT2D eigenvalue weighted by molar-refractivity contribution is -0.131. The number of amides is 1. The van der Waals surface area contributed by atoms with E-state index in [9.17, 15) is 14.0 Å². The summed E-state index contributed by atoms with van der Waals surface area (Å²) < 4.78 is 13.3. The molecule has 0 saturated carbocycles. The summed E-state index contributed by atoms with van der Waals surface area (Å²) >= 11 is 0. The minimum Gasteiger partial charge on any atom is -0.478 e. The smallest absolute Gasteiger partial charge is 0.328 e. The lowest BCUT2D eigenvalue weighted by atomic mass is 10.1. The average Bonchev–Trinajstić information content (AvgIpc) is 2.81. The molecule has 0 bridgehead atoms. The standard InChI is InChI=1S/C17H12FNO3/c18-12-1-3-14-10(8-12)7-11-9-13(2-4-15(11)14)19-16(20)5-6-17(21)22/h1-6,8-9H,7H2,(H,19,20)(H,21,22). The Morgan fingerprint density at radius 3 is 2.45 bits per heavy atom. The molecular weight excluding hydrogens is 285 g/mol. The molecule has 2 N–H and O–H groups in total. The number of fused-ring (bicyclic) bond motifs is 3. The molecule has 0 fully saturated rings. The molecule has 0 heterocycles. The van der Waals surface area contributed by atoms with Crippen LogP contribution in [0.5, 0.6) is 0 Å². The molecule has 22 heavy (non-hydrogen) atoms. The Balaban J connectivity index is 1.82. The van der Waals surface area contributed by atoms with Gasteiger partial charge in [0.05, 0.1) is 0 Å². The van der Waals surface area contributed by atoms with Crippen molar-refractivity contribution >= 4 is 17.6 Å². The van der Waals surface area contributed by atoms with Gasteiger partial charge in [0.15, 0.2) is 0 Å². The number of rotatable bonds is 3. The Morgan fingerprint density at radius 1 is 1.05 bits per heavy atom. The summed E-state index contributed by atoms with van der Waals surface area (Å²) in [7, 11) is 0. The molecule has 0 unspecified atom stereocenters. The monoisotopic (exact) mass is 297 g/mol. The van der Waals surface area contributed by atoms with Gasteiger partial charge in [-0.3, -0.25) is 4.79 Å². The largest absolute Gasteiger partial charge is 0.478 e. The third-order valence-electron chi connectivity index (χ3n) is 3.49. The van der Waals surface area contributed by atoms with E-state index in [0.29, 0.717) is 12.1 Å². The summed E-state index contributed by atoms with van der Waals surface area (Å²) in [5, 5.41) is 11.1. The van der Waals surface area contributed by atoms with E-state index in [1.807, 2.05) is 12.1 Å². The van der Waals surface area contributed by atoms with Crippen molar-refractivity contribution < 1.29 is 19.1 Å². The zero-order valence-electron chi connectivity index (χ0n) is 11.5. The molecule has 110 valence electrons. The van der Waals surface area contributed by atoms with E-state index in [1.54, 1.807) is 12.1 Å². The Hall–Kier alpha value is -2.95. The SMILES string of the molecule is O=C(O)C=CC(=O)Nc1ccc2c(c1)Cc1cc(F)ccc1-2. The fourth-order valence-electron chi connectivity index (χ4n) is 2.59. The van der Waals surface area contributed by atoms with Crippen molar-refractivity contribution in [2.24, 2.45) is 0 Å². The lowest BCUT2D eigenvalue weighted by Gasteiger charge is -2.05. The maximum atomic E-state index is 13.3. The second-order valence-corrected chi connectivity index (χ2v) is 5.01. The minimum absolute atomic E-state index is 0.265. The predicted molar refractivity (Wildman–Crippen MR) is 80.0 cm³/mol. The molecule has 1 amide bonds. The normalized spacial score (nSPS) is 12.0. The van der Waals surface area contributed by atoms with Gasteiger partial charge in [0.2, 0.25) is 5.91 Å². The Kier molecular flexibility index (Phi) is 3.47. The van der Waals surface area contributed by atoms with E-state index in [4.69, 9.17) is 5.11 Å². The highest BCUT2D eigenvalue weighted by Gasteiger charge is 2.19. The predicted octanol–water partition coefficient (Wildman–Crippen LogP) is 2.98. The van der Waals surface area contributed by atoms with Gasteiger partial charge in [0, 0.05) is 17.8 Å². The Labute approximate surface area is 125 Å². The van der Waals surface area contributed by atoms with Crippen molar-refractivity contribution in [1.82, 2.24) is 0 Å². The molecule has 3 rings (SSSR count). The molecule has 0 aliphatic heterocycles. The number of anilines is 1. The van der Waals surface area contributed by atoms with E-state index in [2.05, 4.69) is 5.32 Å². The van der Waals surface area contributed by atoms with Crippen molar-refractivity contribution in [3.05, 3.63) is 65.5 Å². The van der Waals surface area contributed by atoms with Gasteiger partial charge >= 0.3 is 5.97 Å². The number of aliphatic carboxylic acids is 1. The van der Waals surface area contributed by atoms with Gasteiger partial charge in [0.1, 0.15) is 5.82 Å². The highest BCUT2D eigenvalue weighted by Crippen LogP contribution is 2.38. The fourth-order valence-corrected chi connectivity index (χ4v) is 2.59. The van der Waals surface area contributed by atoms with Gasteiger partial charge in [0.25, 0.3) is 0 Å². The molecule has 0 saturated heterocycles. The number of carboxylic acid groups (broad SMARTS) is 1. The summed E-state index contributed by atoms with van der Waals surface area (Å²) in [6.07, 6.45) is 2.35. The van der Waals surface area contributed by atoms with Crippen LogP contribution in [0.15, 0.2) is 48.6 Å². The van der Waals surface area contributed by atoms with Crippen LogP contribution in [0.3, 0.4) is 0 Å². The summed E-state index contributed by atoms with van der Waals surface area (Å²) in [5.41, 5.74) is 4.52. The summed E-state index contributed by atoms with van der Waals surface area (Å²) in [5.74, 6) is -1.95. The van der Waals surface area contributed by atoms with Gasteiger partial charge in [-0.05, 0) is 52.9 Å². The number of carbonyl (C=O) groups is 2. The summed E-state index contributed by atoms with van der Waals surface area (Å²) in [6, 6.07) is 10.1. The summed E-state index contributed by atoms with van der Waals surface area (Å²) in [4.78, 5) is 21.9. The zero-order valence-corrected chi connectivity index (χ0v) is 11.5. The second-order valence-electron chi connectivity index (χ2n) is 5.01. The lowest BCUT2D eigenvalue weighted by Crippen LogP contribution is -2.08. The quantitative estimate of drug-likeness (QED) is 0.730. The van der Waals surface area contributed by atoms with Crippen LogP contribution < -0.4 is 5.32 Å². The van der Waals surface area contributed by atoms with Crippen LogP contribution in [0.4, 0.5) is 10.1 Å². The van der Waals surface area contributed by atoms with Crippen molar-refractivity contribution in [2.75, 3.05) is 5.32 Å². The fraction of sp³-hybridized carbons (Fsp3) is 0.0588. The number of nitrogens with one attached hydrogen (secondary N) is 1. The first-order valence-electron chi connectivity index (χ1n) is 6.66. The number of carboxylic acids is 1. The van der Waals surface area contributed by atoms with Gasteiger partial charge in [-0.15, -0.1) is 0 Å². The van der Waals surface area contributed by atoms with E-state index < -0.39 is 11.9 Å². The number of benzene rings is 2. The molecule has 0 spiro atoms. The van der Waals surface area contributed by atoms with Crippen molar-refractivity contribution in [1.29, 1.82) is 0 Å². The van der Waals surface area contributed by atoms with Crippen LogP contribution in [0.1, 0.15) is 11.1 Å². The molecule has 2 aromatic carbocycles. The Morgan fingerprint density at radius 2 is 1.73 bits per heavy atom. The number of hydrogen-bond donors (Lipinski definition) is 2. The zero-order chi connectivity index (χ0) is 15.7. The van der Waals surface area contributed by atoms with Crippen LogP contribution in [0, 0.1) is 5.82 Å². The molecule has 1 aliphatic carbocycles. The van der Waals surface area contributed by atoms with Gasteiger partial charge in [-0.2, -0.15) is 0 Å². The molecular formula is C17H12FNO3. The molecule has 2 aromatic rings. The van der Waals surface area contributed by atoms with E-state index in [0.717, 1.165) is 34.4 Å². The van der Waals surface area contributed by atoms with Crippen LogP contribution in [-0.4, -0.2) is 17.0 Å². The number of hydrogen-bond acceptors (Lipinski definition) is 2. The maximum absolute atomic E-state index is 13.3. The first-order chi connectivity index (χ1) is 10.5. The van der Waals surface area contributed by atoms with Gasteiger partial charge < -0.3 is 10.4 Å². The van der Waals surface area contributed by atoms with Crippen molar-refractivity contribution in [3.8, 4) is 11.1 Å². The van der Waals surface area contributed by atoms with Crippen LogP contribution in [-0.2, 0) is 16.0 Å². The molecule has 0 atom stereocenters. The number of carbonyl (C=O) groups excluding carboxylic acids is 1. The Bertz CT molecular complexity index is 812. The third kappa shape index (κ3) is 2.74. The molecule has 0 aromatic heterocycles. The third-order valence-corrected chi connectivity index (χ3v) is 3.49. The maximum Gasteiger partial charge on any atom is 0.328 e. The van der Waals surface area contributed by atoms with Crippen molar-refractivity contribution in [2.45, 2.75) is 6.42 Å². The first kappa shape index (κ1) is 14.0. The van der Waals surface area contributed by atoms with Crippen LogP contribution in [0.25, 0.3) is 11.1 Å². The number of halogens is 1. The summed E-state index contributed by atoms with van der Waals surface area (Å²) in [6.45, 7) is 0. The highest BCUT2D eigenvalue weighted by atomic mass is 19.1. The molecule has 4 nitrogen and oxygen atoms in total. The molecule has 0 radical (unpaired) electrons. The first-order valence-corrected chi connectivity index (χ1v) is 6.66. The average molecular weight is 297 g/mol. The highest BCUT2D eigenvalue weighted by molar-refractivity contribution is 6.02. The van der Waals surface area contributed by atoms with E-state index in [1.165, 1.54) is 12.1 Å². The van der Waals surface area contributed by atoms with E-state index >= 15 is 0 Å². The molecule has 5 heteroatoms. The van der Waals surface area contributed by atoms with Crippen molar-refractivity contribution in [3.63, 3.8) is 0 Å².